The molecule has 1 heterocycles. The molecule has 0 fully saturated rings. The second kappa shape index (κ2) is 3.39. The number of aromatic nitrogens is 1. The molecule has 0 radical (unpaired) electrons. The van der Waals surface area contributed by atoms with Crippen LogP contribution in [0.3, 0.4) is 0 Å². The molecule has 0 amide bonds. The molecule has 2 rings (SSSR count). The largest absolute Gasteiger partial charge is 0.398 e. The van der Waals surface area contributed by atoms with Crippen LogP contribution in [0.5, 0.6) is 0 Å². The summed E-state index contributed by atoms with van der Waals surface area (Å²) in [6.45, 7) is 0. The third-order valence-electron chi connectivity index (χ3n) is 2.24. The molecule has 0 aliphatic heterocycles. The van der Waals surface area contributed by atoms with Gasteiger partial charge in [-0.3, -0.25) is 0 Å². The van der Waals surface area contributed by atoms with Gasteiger partial charge in [0.05, 0.1) is 10.7 Å². The molecule has 0 atom stereocenters. The van der Waals surface area contributed by atoms with Gasteiger partial charge in [-0.1, -0.05) is 17.7 Å². The van der Waals surface area contributed by atoms with Crippen molar-refractivity contribution in [2.24, 2.45) is 7.05 Å². The van der Waals surface area contributed by atoms with E-state index in [1.54, 1.807) is 0 Å². The number of anilines is 1. The predicted molar refractivity (Wildman–Crippen MR) is 60.3 cm³/mol. The Morgan fingerprint density at radius 1 is 1.29 bits per heavy atom. The van der Waals surface area contributed by atoms with Crippen molar-refractivity contribution < 1.29 is 0 Å². The summed E-state index contributed by atoms with van der Waals surface area (Å²) in [5, 5.41) is 0.601. The quantitative estimate of drug-likeness (QED) is 0.715. The topological polar surface area (TPSA) is 30.9 Å². The summed E-state index contributed by atoms with van der Waals surface area (Å²) in [7, 11) is 2.00. The van der Waals surface area contributed by atoms with Gasteiger partial charge in [0.15, 0.2) is 0 Å². The Hall–Kier alpha value is -1.41. The van der Waals surface area contributed by atoms with E-state index >= 15 is 0 Å². The van der Waals surface area contributed by atoms with E-state index in [1.807, 2.05) is 48.1 Å². The number of nitrogens with two attached hydrogens (primary N) is 1. The average molecular weight is 207 g/mol. The molecule has 3 heteroatoms. The van der Waals surface area contributed by atoms with Crippen LogP contribution in [0.15, 0.2) is 36.5 Å². The lowest BCUT2D eigenvalue weighted by atomic mass is 10.1. The number of rotatable bonds is 1. The Bertz CT molecular complexity index is 460. The maximum atomic E-state index is 5.95. The summed E-state index contributed by atoms with van der Waals surface area (Å²) in [4.78, 5) is 0. The molecule has 0 aliphatic rings. The number of hydrogen-bond acceptors (Lipinski definition) is 1. The van der Waals surface area contributed by atoms with Gasteiger partial charge in [0.1, 0.15) is 0 Å². The smallest absolute Gasteiger partial charge is 0.0642 e. The van der Waals surface area contributed by atoms with Gasteiger partial charge in [-0.25, -0.2) is 0 Å². The number of nitrogens with zero attached hydrogens (tertiary/aromatic N) is 1. The van der Waals surface area contributed by atoms with Crippen LogP contribution >= 0.6 is 11.6 Å². The van der Waals surface area contributed by atoms with E-state index < -0.39 is 0 Å². The van der Waals surface area contributed by atoms with Crippen molar-refractivity contribution in [3.63, 3.8) is 0 Å². The van der Waals surface area contributed by atoms with Gasteiger partial charge in [-0.05, 0) is 29.8 Å². The molecule has 1 aromatic heterocycles. The number of halogens is 1. The van der Waals surface area contributed by atoms with Crippen LogP contribution in [-0.2, 0) is 7.05 Å². The normalized spacial score (nSPS) is 10.4. The Morgan fingerprint density at radius 2 is 2.07 bits per heavy atom. The van der Waals surface area contributed by atoms with Gasteiger partial charge < -0.3 is 10.3 Å². The van der Waals surface area contributed by atoms with Crippen LogP contribution < -0.4 is 5.73 Å². The summed E-state index contributed by atoms with van der Waals surface area (Å²) < 4.78 is 2.04. The number of benzene rings is 1. The van der Waals surface area contributed by atoms with Gasteiger partial charge in [-0.15, -0.1) is 0 Å². The third kappa shape index (κ3) is 1.49. The van der Waals surface area contributed by atoms with Crippen molar-refractivity contribution in [1.82, 2.24) is 4.57 Å². The van der Waals surface area contributed by atoms with E-state index in [-0.39, 0.29) is 0 Å². The zero-order valence-electron chi connectivity index (χ0n) is 7.87. The number of aryl methyl sites for hydroxylation is 1. The number of nitrogen functional groups attached to an aromatic ring is 1. The molecule has 72 valence electrons. The molecule has 0 saturated heterocycles. The van der Waals surface area contributed by atoms with Crippen molar-refractivity contribution in [2.75, 3.05) is 5.73 Å². The van der Waals surface area contributed by atoms with Crippen molar-refractivity contribution >= 4 is 17.3 Å². The Balaban J connectivity index is 2.53. The van der Waals surface area contributed by atoms with E-state index in [0.717, 1.165) is 11.3 Å². The van der Waals surface area contributed by atoms with Crippen molar-refractivity contribution in [3.8, 4) is 11.3 Å². The lowest BCUT2D eigenvalue weighted by molar-refractivity contribution is 0.937. The van der Waals surface area contributed by atoms with E-state index in [1.165, 1.54) is 0 Å². The van der Waals surface area contributed by atoms with E-state index in [0.29, 0.717) is 10.7 Å². The third-order valence-corrected chi connectivity index (χ3v) is 2.57. The molecule has 0 saturated carbocycles. The molecule has 2 nitrogen and oxygen atoms in total. The summed E-state index contributed by atoms with van der Waals surface area (Å²) in [5.41, 5.74) is 8.47. The minimum atomic E-state index is 0.601. The minimum Gasteiger partial charge on any atom is -0.398 e. The molecular weight excluding hydrogens is 196 g/mol. The molecule has 0 aliphatic carbocycles. The van der Waals surface area contributed by atoms with Crippen molar-refractivity contribution in [2.45, 2.75) is 0 Å². The monoisotopic (exact) mass is 206 g/mol. The van der Waals surface area contributed by atoms with E-state index in [9.17, 15) is 0 Å². The molecule has 0 spiro atoms. The van der Waals surface area contributed by atoms with Crippen LogP contribution in [0.2, 0.25) is 5.02 Å². The first-order valence-corrected chi connectivity index (χ1v) is 4.73. The summed E-state index contributed by atoms with van der Waals surface area (Å²) in [5.74, 6) is 0. The molecule has 1 aromatic carbocycles. The summed E-state index contributed by atoms with van der Waals surface area (Å²) in [6, 6.07) is 9.72. The van der Waals surface area contributed by atoms with E-state index in [4.69, 9.17) is 17.3 Å². The molecular formula is C11H11ClN2. The Morgan fingerprint density at radius 3 is 2.64 bits per heavy atom. The fourth-order valence-electron chi connectivity index (χ4n) is 1.45. The first kappa shape index (κ1) is 9.16. The lowest BCUT2D eigenvalue weighted by Crippen LogP contribution is -1.91. The summed E-state index contributed by atoms with van der Waals surface area (Å²) >= 11 is 5.95. The first-order valence-electron chi connectivity index (χ1n) is 4.35. The van der Waals surface area contributed by atoms with Gasteiger partial charge in [0.25, 0.3) is 0 Å². The Kier molecular flexibility index (Phi) is 2.22. The number of hydrogen-bond donors (Lipinski definition) is 1. The van der Waals surface area contributed by atoms with Crippen molar-refractivity contribution in [1.29, 1.82) is 0 Å². The molecule has 0 bridgehead atoms. The standard InChI is InChI=1S/C11H11ClN2/c1-14-6-2-3-11(14)8-4-5-10(13)9(12)7-8/h2-7H,13H2,1H3. The lowest BCUT2D eigenvalue weighted by Gasteiger charge is -2.05. The predicted octanol–water partition coefficient (Wildman–Crippen LogP) is 2.93. The van der Waals surface area contributed by atoms with Crippen LogP contribution in [0, 0.1) is 0 Å². The van der Waals surface area contributed by atoms with Crippen LogP contribution in [-0.4, -0.2) is 4.57 Å². The van der Waals surface area contributed by atoms with Crippen molar-refractivity contribution in [3.05, 3.63) is 41.6 Å². The van der Waals surface area contributed by atoms with Crippen LogP contribution in [0.25, 0.3) is 11.3 Å². The van der Waals surface area contributed by atoms with Crippen LogP contribution in [0.1, 0.15) is 0 Å². The molecule has 2 N–H and O–H groups in total. The second-order valence-corrected chi connectivity index (χ2v) is 3.65. The highest BCUT2D eigenvalue weighted by Crippen LogP contribution is 2.26. The van der Waals surface area contributed by atoms with Gasteiger partial charge in [0.2, 0.25) is 0 Å². The second-order valence-electron chi connectivity index (χ2n) is 3.24. The van der Waals surface area contributed by atoms with Gasteiger partial charge in [-0.2, -0.15) is 0 Å². The van der Waals surface area contributed by atoms with E-state index in [2.05, 4.69) is 0 Å². The first-order chi connectivity index (χ1) is 6.68. The maximum Gasteiger partial charge on any atom is 0.0642 e. The minimum absolute atomic E-state index is 0.601. The Labute approximate surface area is 87.9 Å². The zero-order valence-corrected chi connectivity index (χ0v) is 8.62. The fourth-order valence-corrected chi connectivity index (χ4v) is 1.63. The highest BCUT2D eigenvalue weighted by molar-refractivity contribution is 6.33. The molecule has 0 unspecified atom stereocenters. The molecule has 2 aromatic rings. The summed E-state index contributed by atoms with van der Waals surface area (Å²) in [6.07, 6.45) is 2.00. The zero-order chi connectivity index (χ0) is 10.1. The molecule has 14 heavy (non-hydrogen) atoms. The highest BCUT2D eigenvalue weighted by atomic mass is 35.5. The van der Waals surface area contributed by atoms with Gasteiger partial charge in [0, 0.05) is 18.9 Å². The van der Waals surface area contributed by atoms with Crippen LogP contribution in [0.4, 0.5) is 5.69 Å². The average Bonchev–Trinajstić information content (AvgIpc) is 2.57. The van der Waals surface area contributed by atoms with Gasteiger partial charge >= 0.3 is 0 Å². The highest BCUT2D eigenvalue weighted by Gasteiger charge is 2.03. The fraction of sp³-hybridized carbons (Fsp3) is 0.0909. The SMILES string of the molecule is Cn1cccc1-c1ccc(N)c(Cl)c1. The maximum absolute atomic E-state index is 5.95.